The number of cyclic esters (lactones) is 1. The zero-order valence-electron chi connectivity index (χ0n) is 30.9. The van der Waals surface area contributed by atoms with Gasteiger partial charge in [0.1, 0.15) is 19.0 Å². The summed E-state index contributed by atoms with van der Waals surface area (Å²) < 4.78 is 21.9. The second-order valence-corrected chi connectivity index (χ2v) is 13.2. The number of amides is 2. The number of nitrogens with zero attached hydrogens (tertiary/aromatic N) is 2. The van der Waals surface area contributed by atoms with Gasteiger partial charge in [-0.05, 0) is 98.2 Å². The molecule has 0 spiro atoms. The fourth-order valence-corrected chi connectivity index (χ4v) is 5.77. The van der Waals surface area contributed by atoms with E-state index in [9.17, 15) is 24.0 Å². The van der Waals surface area contributed by atoms with E-state index >= 15 is 0 Å². The second kappa shape index (κ2) is 17.6. The Morgan fingerprint density at radius 1 is 1.06 bits per heavy atom. The number of ether oxygens (including phenoxy) is 4. The van der Waals surface area contributed by atoms with Gasteiger partial charge in [-0.15, -0.1) is 0 Å². The molecule has 12 nitrogen and oxygen atoms in total. The molecule has 276 valence electrons. The third kappa shape index (κ3) is 9.62. The number of anilines is 1. The molecule has 52 heavy (non-hydrogen) atoms. The minimum atomic E-state index is -1.87. The molecule has 1 fully saturated rings. The van der Waals surface area contributed by atoms with Crippen LogP contribution in [0, 0.1) is 5.92 Å². The smallest absolute Gasteiger partial charge is 0.458 e. The van der Waals surface area contributed by atoms with E-state index in [0.717, 1.165) is 17.6 Å². The minimum absolute atomic E-state index is 0.0183. The lowest BCUT2D eigenvalue weighted by molar-refractivity contribution is -0.165. The Morgan fingerprint density at radius 2 is 1.75 bits per heavy atom. The van der Waals surface area contributed by atoms with E-state index in [-0.39, 0.29) is 32.1 Å². The molecule has 2 amide bonds. The number of hydrogen-bond acceptors (Lipinski definition) is 10. The van der Waals surface area contributed by atoms with Crippen LogP contribution in [0.4, 0.5) is 16.2 Å². The highest BCUT2D eigenvalue weighted by atomic mass is 16.7. The second-order valence-electron chi connectivity index (χ2n) is 13.2. The predicted molar refractivity (Wildman–Crippen MR) is 196 cm³/mol. The van der Waals surface area contributed by atoms with Crippen LogP contribution in [0.5, 0.6) is 5.75 Å². The fourth-order valence-electron chi connectivity index (χ4n) is 5.77. The minimum Gasteiger partial charge on any atom is -0.458 e. The van der Waals surface area contributed by atoms with Gasteiger partial charge in [-0.25, -0.2) is 14.6 Å². The Morgan fingerprint density at radius 3 is 2.35 bits per heavy atom. The van der Waals surface area contributed by atoms with E-state index < -0.39 is 23.7 Å². The maximum absolute atomic E-state index is 13.5. The summed E-state index contributed by atoms with van der Waals surface area (Å²) in [5.41, 5.74) is 3.70. The van der Waals surface area contributed by atoms with Gasteiger partial charge in [0.25, 0.3) is 0 Å². The monoisotopic (exact) mass is 713 g/mol. The number of carbonyl (C=O) groups excluding carboxylic acids is 5. The fraction of sp³-hybridized carbons (Fsp3) is 0.400. The van der Waals surface area contributed by atoms with Gasteiger partial charge in [-0.2, -0.15) is 0 Å². The van der Waals surface area contributed by atoms with Crippen molar-refractivity contribution in [3.8, 4) is 5.75 Å². The van der Waals surface area contributed by atoms with Crippen molar-refractivity contribution in [3.63, 3.8) is 0 Å². The SMILES string of the molecule is CC\C(C)=C1/CN(C=O)C(=C\C2=C(C)COC(=O)[C@@]2(CC)OC(=O)OCc2ccc(NC(=O)CCC(C)C)cc2)/C1=N/c1ccc(OC(C)=O)cc1. The number of nitrogens with one attached hydrogen (secondary N) is 1. The van der Waals surface area contributed by atoms with Crippen LogP contribution in [0.1, 0.15) is 79.7 Å². The van der Waals surface area contributed by atoms with Crippen LogP contribution < -0.4 is 10.1 Å². The van der Waals surface area contributed by atoms with Gasteiger partial charge in [-0.1, -0.05) is 45.4 Å². The van der Waals surface area contributed by atoms with Gasteiger partial charge < -0.3 is 29.2 Å². The summed E-state index contributed by atoms with van der Waals surface area (Å²) in [6, 6.07) is 13.5. The molecule has 0 aromatic heterocycles. The molecule has 2 aromatic rings. The highest BCUT2D eigenvalue weighted by Crippen LogP contribution is 2.38. The Kier molecular flexibility index (Phi) is 13.3. The molecule has 1 saturated heterocycles. The molecule has 0 aliphatic carbocycles. The molecule has 2 heterocycles. The Labute approximate surface area is 304 Å². The first-order valence-corrected chi connectivity index (χ1v) is 17.4. The van der Waals surface area contributed by atoms with E-state index in [2.05, 4.69) is 19.2 Å². The van der Waals surface area contributed by atoms with Crippen LogP contribution in [0.3, 0.4) is 0 Å². The Bertz CT molecular complexity index is 1800. The summed E-state index contributed by atoms with van der Waals surface area (Å²) >= 11 is 0. The maximum Gasteiger partial charge on any atom is 0.510 e. The van der Waals surface area contributed by atoms with Gasteiger partial charge in [-0.3, -0.25) is 14.4 Å². The van der Waals surface area contributed by atoms with E-state index in [4.69, 9.17) is 23.9 Å². The first-order chi connectivity index (χ1) is 24.8. The van der Waals surface area contributed by atoms with Crippen LogP contribution >= 0.6 is 0 Å². The molecular weight excluding hydrogens is 666 g/mol. The van der Waals surface area contributed by atoms with Crippen molar-refractivity contribution in [2.24, 2.45) is 10.9 Å². The van der Waals surface area contributed by atoms with Crippen molar-refractivity contribution in [1.82, 2.24) is 4.90 Å². The normalized spacial score (nSPS) is 19.8. The highest BCUT2D eigenvalue weighted by Gasteiger charge is 2.50. The molecule has 4 rings (SSSR count). The summed E-state index contributed by atoms with van der Waals surface area (Å²) in [7, 11) is 0. The highest BCUT2D eigenvalue weighted by molar-refractivity contribution is 6.17. The van der Waals surface area contributed by atoms with E-state index in [1.165, 1.54) is 11.8 Å². The van der Waals surface area contributed by atoms with Crippen molar-refractivity contribution < 1.29 is 42.9 Å². The van der Waals surface area contributed by atoms with Gasteiger partial charge in [0.05, 0.1) is 23.6 Å². The van der Waals surface area contributed by atoms with Gasteiger partial charge in [0.15, 0.2) is 0 Å². The van der Waals surface area contributed by atoms with Crippen molar-refractivity contribution >= 4 is 47.5 Å². The van der Waals surface area contributed by atoms with Crippen LogP contribution in [0.2, 0.25) is 0 Å². The summed E-state index contributed by atoms with van der Waals surface area (Å²) in [4.78, 5) is 69.3. The molecule has 0 radical (unpaired) electrons. The summed E-state index contributed by atoms with van der Waals surface area (Å²) in [5, 5.41) is 2.86. The average Bonchev–Trinajstić information content (AvgIpc) is 3.46. The van der Waals surface area contributed by atoms with Crippen LogP contribution in [-0.4, -0.2) is 59.8 Å². The Balaban J connectivity index is 1.62. The number of aliphatic imine (C=N–C) groups is 1. The quantitative estimate of drug-likeness (QED) is 0.126. The first kappa shape index (κ1) is 39.3. The van der Waals surface area contributed by atoms with Crippen LogP contribution in [0.15, 0.2) is 87.6 Å². The van der Waals surface area contributed by atoms with Crippen molar-refractivity contribution in [2.75, 3.05) is 18.5 Å². The average molecular weight is 714 g/mol. The number of benzene rings is 2. The number of rotatable bonds is 13. The lowest BCUT2D eigenvalue weighted by atomic mass is 9.84. The molecule has 0 unspecified atom stereocenters. The van der Waals surface area contributed by atoms with Gasteiger partial charge in [0, 0.05) is 24.6 Å². The molecule has 0 bridgehead atoms. The molecule has 2 aromatic carbocycles. The molecule has 12 heteroatoms. The number of esters is 2. The van der Waals surface area contributed by atoms with Crippen molar-refractivity contribution in [3.05, 3.63) is 88.2 Å². The zero-order chi connectivity index (χ0) is 38.0. The largest absolute Gasteiger partial charge is 0.510 e. The van der Waals surface area contributed by atoms with Crippen molar-refractivity contribution in [1.29, 1.82) is 0 Å². The predicted octanol–water partition coefficient (Wildman–Crippen LogP) is 7.52. The lowest BCUT2D eigenvalue weighted by Gasteiger charge is -2.35. The van der Waals surface area contributed by atoms with Crippen LogP contribution in [0.25, 0.3) is 0 Å². The summed E-state index contributed by atoms with van der Waals surface area (Å²) in [6.45, 7) is 12.9. The van der Waals surface area contributed by atoms with E-state index in [0.29, 0.717) is 70.4 Å². The molecular formula is C40H47N3O9. The summed E-state index contributed by atoms with van der Waals surface area (Å²) in [6.07, 6.45) is 3.21. The topological polar surface area (TPSA) is 150 Å². The first-order valence-electron chi connectivity index (χ1n) is 17.4. The van der Waals surface area contributed by atoms with Crippen LogP contribution in [-0.2, 0) is 40.0 Å². The zero-order valence-corrected chi connectivity index (χ0v) is 30.9. The van der Waals surface area contributed by atoms with Gasteiger partial charge in [0.2, 0.25) is 17.9 Å². The maximum atomic E-state index is 13.5. The number of hydrogen-bond donors (Lipinski definition) is 1. The van der Waals surface area contributed by atoms with Crippen molar-refractivity contribution in [2.45, 2.75) is 86.4 Å². The number of allylic oxidation sites excluding steroid dienone is 2. The standard InChI is InChI=1S/C40H47N3O9/c1-8-26(5)33-21-43(24-44)35(37(33)42-31-15-17-32(18-16-31)51-28(7)45)20-34-27(6)22-49-38(47)40(34,9-2)52-39(48)50-23-29-11-13-30(14-12-29)41-36(46)19-10-25(3)4/h11-18,20,24-25H,8-10,19,21-23H2,1-7H3,(H,41,46)/b33-26+,35-20-,42-37+/t40-/m0/s1. The summed E-state index contributed by atoms with van der Waals surface area (Å²) in [5.74, 6) is -0.499. The molecule has 2 aliphatic rings. The van der Waals surface area contributed by atoms with E-state index in [1.54, 1.807) is 68.5 Å². The lowest BCUT2D eigenvalue weighted by Crippen LogP contribution is -2.49. The van der Waals surface area contributed by atoms with Gasteiger partial charge >= 0.3 is 18.1 Å². The molecule has 1 atom stereocenters. The Hall–Kier alpha value is -5.52. The third-order valence-corrected chi connectivity index (χ3v) is 8.90. The molecule has 0 saturated carbocycles. The van der Waals surface area contributed by atoms with E-state index in [1.807, 2.05) is 13.8 Å². The number of carbonyl (C=O) groups is 5. The number of likely N-dealkylation sites (tertiary alicyclic amines) is 1. The molecule has 1 N–H and O–H groups in total. The molecule has 2 aliphatic heterocycles. The third-order valence-electron chi connectivity index (χ3n) is 8.90.